The lowest BCUT2D eigenvalue weighted by Gasteiger charge is -2.22. The molecule has 0 unspecified atom stereocenters. The molecule has 0 radical (unpaired) electrons. The van der Waals surface area contributed by atoms with Crippen LogP contribution in [0.25, 0.3) is 0 Å². The summed E-state index contributed by atoms with van der Waals surface area (Å²) < 4.78 is 42.8. The van der Waals surface area contributed by atoms with Crippen LogP contribution in [0.3, 0.4) is 0 Å². The van der Waals surface area contributed by atoms with Crippen molar-refractivity contribution in [2.75, 3.05) is 19.8 Å². The lowest BCUT2D eigenvalue weighted by Crippen LogP contribution is -2.36. The summed E-state index contributed by atoms with van der Waals surface area (Å²) in [6.07, 6.45) is -2.87. The second-order valence-corrected chi connectivity index (χ2v) is 5.65. The Balaban J connectivity index is 1.86. The zero-order chi connectivity index (χ0) is 16.2. The summed E-state index contributed by atoms with van der Waals surface area (Å²) in [5, 5.41) is 2.88. The highest BCUT2D eigenvalue weighted by atomic mass is 19.4. The Kier molecular flexibility index (Phi) is 5.45. The largest absolute Gasteiger partial charge is 0.416 e. The average Bonchev–Trinajstić information content (AvgIpc) is 2.52. The van der Waals surface area contributed by atoms with Crippen molar-refractivity contribution in [1.29, 1.82) is 0 Å². The Morgan fingerprint density at radius 2 is 1.86 bits per heavy atom. The molecule has 1 atom stereocenters. The average molecular weight is 315 g/mol. The Hall–Kier alpha value is -1.56. The van der Waals surface area contributed by atoms with Crippen molar-refractivity contribution in [1.82, 2.24) is 5.32 Å². The Labute approximate surface area is 127 Å². The molecule has 0 bridgehead atoms. The molecule has 1 fully saturated rings. The maximum Gasteiger partial charge on any atom is 0.416 e. The van der Waals surface area contributed by atoms with E-state index < -0.39 is 11.7 Å². The Bertz CT molecular complexity index is 493. The zero-order valence-electron chi connectivity index (χ0n) is 12.5. The summed E-state index contributed by atoms with van der Waals surface area (Å²) in [5.41, 5.74) is 0.120. The maximum absolute atomic E-state index is 12.5. The van der Waals surface area contributed by atoms with Crippen molar-refractivity contribution in [3.8, 4) is 0 Å². The first kappa shape index (κ1) is 16.8. The molecule has 1 aromatic carbocycles. The van der Waals surface area contributed by atoms with Gasteiger partial charge in [-0.05, 0) is 36.5 Å². The number of ether oxygens (including phenoxy) is 1. The second kappa shape index (κ2) is 7.13. The first-order chi connectivity index (χ1) is 10.4. The van der Waals surface area contributed by atoms with Crippen molar-refractivity contribution in [2.24, 2.45) is 5.92 Å². The SMILES string of the molecule is C[C@H](CNC(=O)C1CCOCC1)c1ccc(C(F)(F)F)cc1. The molecule has 1 aliphatic heterocycles. The van der Waals surface area contributed by atoms with Gasteiger partial charge in [-0.1, -0.05) is 19.1 Å². The number of alkyl halides is 3. The fourth-order valence-corrected chi connectivity index (χ4v) is 2.48. The summed E-state index contributed by atoms with van der Waals surface area (Å²) in [6.45, 7) is 3.51. The quantitative estimate of drug-likeness (QED) is 0.925. The van der Waals surface area contributed by atoms with E-state index in [9.17, 15) is 18.0 Å². The van der Waals surface area contributed by atoms with E-state index in [4.69, 9.17) is 4.74 Å². The minimum Gasteiger partial charge on any atom is -0.381 e. The van der Waals surface area contributed by atoms with Gasteiger partial charge < -0.3 is 10.1 Å². The van der Waals surface area contributed by atoms with E-state index in [0.29, 0.717) is 19.8 Å². The minimum absolute atomic E-state index is 0.00191. The van der Waals surface area contributed by atoms with Gasteiger partial charge in [-0.25, -0.2) is 0 Å². The molecule has 1 N–H and O–H groups in total. The number of benzene rings is 1. The van der Waals surface area contributed by atoms with Gasteiger partial charge in [0.1, 0.15) is 0 Å². The first-order valence-corrected chi connectivity index (χ1v) is 7.40. The van der Waals surface area contributed by atoms with Crippen LogP contribution in [-0.2, 0) is 15.7 Å². The zero-order valence-corrected chi connectivity index (χ0v) is 12.5. The molecule has 0 aromatic heterocycles. The van der Waals surface area contributed by atoms with Gasteiger partial charge in [0.2, 0.25) is 5.91 Å². The molecule has 1 aliphatic rings. The van der Waals surface area contributed by atoms with Crippen LogP contribution >= 0.6 is 0 Å². The number of carbonyl (C=O) groups excluding carboxylic acids is 1. The van der Waals surface area contributed by atoms with E-state index in [1.165, 1.54) is 12.1 Å². The normalized spacial score (nSPS) is 18.0. The predicted octanol–water partition coefficient (Wildman–Crippen LogP) is 3.35. The number of hydrogen-bond donors (Lipinski definition) is 1. The fourth-order valence-electron chi connectivity index (χ4n) is 2.48. The molecule has 1 saturated heterocycles. The summed E-state index contributed by atoms with van der Waals surface area (Å²) in [6, 6.07) is 5.08. The van der Waals surface area contributed by atoms with Crippen LogP contribution in [0, 0.1) is 5.92 Å². The molecule has 0 spiro atoms. The van der Waals surface area contributed by atoms with Gasteiger partial charge in [0.25, 0.3) is 0 Å². The van der Waals surface area contributed by atoms with Crippen LogP contribution < -0.4 is 5.32 Å². The van der Waals surface area contributed by atoms with Crippen molar-refractivity contribution >= 4 is 5.91 Å². The van der Waals surface area contributed by atoms with E-state index >= 15 is 0 Å². The lowest BCUT2D eigenvalue weighted by molar-refractivity contribution is -0.137. The van der Waals surface area contributed by atoms with Crippen LogP contribution in [0.15, 0.2) is 24.3 Å². The molecule has 2 rings (SSSR count). The van der Waals surface area contributed by atoms with Crippen molar-refractivity contribution < 1.29 is 22.7 Å². The van der Waals surface area contributed by atoms with Gasteiger partial charge in [-0.2, -0.15) is 13.2 Å². The Morgan fingerprint density at radius 3 is 2.41 bits per heavy atom. The predicted molar refractivity (Wildman–Crippen MR) is 76.4 cm³/mol. The molecule has 3 nitrogen and oxygen atoms in total. The molecule has 0 saturated carbocycles. The minimum atomic E-state index is -4.32. The van der Waals surface area contributed by atoms with Crippen LogP contribution in [-0.4, -0.2) is 25.7 Å². The van der Waals surface area contributed by atoms with E-state index in [1.807, 2.05) is 6.92 Å². The monoisotopic (exact) mass is 315 g/mol. The van der Waals surface area contributed by atoms with Crippen LogP contribution in [0.2, 0.25) is 0 Å². The van der Waals surface area contributed by atoms with Gasteiger partial charge in [0.15, 0.2) is 0 Å². The number of nitrogens with one attached hydrogen (secondary N) is 1. The van der Waals surface area contributed by atoms with Crippen LogP contribution in [0.5, 0.6) is 0 Å². The number of rotatable bonds is 4. The summed E-state index contributed by atoms with van der Waals surface area (Å²) in [5.74, 6) is -0.0540. The van der Waals surface area contributed by atoms with E-state index in [1.54, 1.807) is 0 Å². The highest BCUT2D eigenvalue weighted by Crippen LogP contribution is 2.30. The van der Waals surface area contributed by atoms with Gasteiger partial charge in [0.05, 0.1) is 5.56 Å². The molecular formula is C16H20F3NO2. The second-order valence-electron chi connectivity index (χ2n) is 5.65. The Morgan fingerprint density at radius 1 is 1.27 bits per heavy atom. The molecule has 122 valence electrons. The lowest BCUT2D eigenvalue weighted by atomic mass is 9.97. The summed E-state index contributed by atoms with van der Waals surface area (Å²) in [7, 11) is 0. The molecule has 6 heteroatoms. The van der Waals surface area contributed by atoms with Gasteiger partial charge in [-0.3, -0.25) is 4.79 Å². The van der Waals surface area contributed by atoms with Crippen molar-refractivity contribution in [3.63, 3.8) is 0 Å². The first-order valence-electron chi connectivity index (χ1n) is 7.40. The maximum atomic E-state index is 12.5. The molecule has 1 aromatic rings. The van der Waals surface area contributed by atoms with Gasteiger partial charge in [0, 0.05) is 25.7 Å². The number of halogens is 3. The number of hydrogen-bond acceptors (Lipinski definition) is 2. The third kappa shape index (κ3) is 4.47. The number of carbonyl (C=O) groups is 1. The topological polar surface area (TPSA) is 38.3 Å². The fraction of sp³-hybridized carbons (Fsp3) is 0.562. The van der Waals surface area contributed by atoms with Crippen molar-refractivity contribution in [3.05, 3.63) is 35.4 Å². The van der Waals surface area contributed by atoms with E-state index in [0.717, 1.165) is 30.5 Å². The van der Waals surface area contributed by atoms with Crippen LogP contribution in [0.4, 0.5) is 13.2 Å². The van der Waals surface area contributed by atoms with Gasteiger partial charge >= 0.3 is 6.18 Å². The highest BCUT2D eigenvalue weighted by Gasteiger charge is 2.30. The van der Waals surface area contributed by atoms with Gasteiger partial charge in [-0.15, -0.1) is 0 Å². The van der Waals surface area contributed by atoms with Crippen molar-refractivity contribution in [2.45, 2.75) is 31.9 Å². The summed E-state index contributed by atoms with van der Waals surface area (Å²) >= 11 is 0. The van der Waals surface area contributed by atoms with Crippen LogP contribution in [0.1, 0.15) is 36.8 Å². The molecule has 0 aliphatic carbocycles. The third-order valence-corrected chi connectivity index (χ3v) is 3.98. The smallest absolute Gasteiger partial charge is 0.381 e. The molecule has 22 heavy (non-hydrogen) atoms. The molecular weight excluding hydrogens is 295 g/mol. The molecule has 1 amide bonds. The number of amides is 1. The third-order valence-electron chi connectivity index (χ3n) is 3.98. The summed E-state index contributed by atoms with van der Waals surface area (Å²) in [4.78, 5) is 12.0. The highest BCUT2D eigenvalue weighted by molar-refractivity contribution is 5.78. The van der Waals surface area contributed by atoms with E-state index in [2.05, 4.69) is 5.32 Å². The standard InChI is InChI=1S/C16H20F3NO2/c1-11(10-20-15(21)13-6-8-22-9-7-13)12-2-4-14(5-3-12)16(17,18)19/h2-5,11,13H,6-10H2,1H3,(H,20,21)/t11-/m1/s1. The van der Waals surface area contributed by atoms with E-state index in [-0.39, 0.29) is 17.7 Å². The molecule has 1 heterocycles.